The molecule has 0 N–H and O–H groups in total. The van der Waals surface area contributed by atoms with E-state index in [1.165, 1.54) is 66.8 Å². The van der Waals surface area contributed by atoms with Gasteiger partial charge in [-0.3, -0.25) is 0 Å². The van der Waals surface area contributed by atoms with Gasteiger partial charge in [0.25, 0.3) is 0 Å². The SMILES string of the molecule is CC1=C(C)/C(C)=C(c2ccccc2)\C(c2ccccc2)=C(c2ccccc2)/C(c2ccccc2)=C\1C. The van der Waals surface area contributed by atoms with Crippen molar-refractivity contribution in [2.45, 2.75) is 27.7 Å². The summed E-state index contributed by atoms with van der Waals surface area (Å²) in [7, 11) is 0. The van der Waals surface area contributed by atoms with E-state index < -0.39 is 0 Å². The largest absolute Gasteiger partial charge is 0.0622 e. The van der Waals surface area contributed by atoms with E-state index in [1.807, 2.05) is 0 Å². The number of hydrogen-bond donors (Lipinski definition) is 0. The number of allylic oxidation sites excluding steroid dienone is 8. The Balaban J connectivity index is 2.04. The number of benzene rings is 4. The predicted octanol–water partition coefficient (Wildman–Crippen LogP) is 9.89. The zero-order valence-corrected chi connectivity index (χ0v) is 21.5. The Morgan fingerprint density at radius 3 is 0.722 bits per heavy atom. The first-order chi connectivity index (χ1) is 17.6. The molecule has 0 bridgehead atoms. The standard InChI is InChI=1S/C36H32/c1-25-26(2)28(4)34(30-19-11-6-12-20-30)36(32-23-15-8-16-24-32)35(31-21-13-7-14-22-31)33(27(25)3)29-17-9-5-10-18-29/h5-24H,1-4H3/b26-25-,27-25?,28-26?,33-27-,34-28-,35-33?,36-34?,36-35-. The van der Waals surface area contributed by atoms with E-state index in [0.717, 1.165) is 0 Å². The van der Waals surface area contributed by atoms with Crippen molar-refractivity contribution in [3.63, 3.8) is 0 Å². The van der Waals surface area contributed by atoms with Crippen LogP contribution in [0.2, 0.25) is 0 Å². The molecule has 4 aromatic carbocycles. The quantitative estimate of drug-likeness (QED) is 0.282. The molecule has 0 fully saturated rings. The van der Waals surface area contributed by atoms with E-state index in [0.29, 0.717) is 0 Å². The Labute approximate surface area is 215 Å². The molecule has 0 spiro atoms. The Morgan fingerprint density at radius 1 is 0.250 bits per heavy atom. The van der Waals surface area contributed by atoms with Crippen LogP contribution in [0, 0.1) is 0 Å². The molecule has 0 saturated heterocycles. The lowest BCUT2D eigenvalue weighted by Crippen LogP contribution is -2.07. The van der Waals surface area contributed by atoms with E-state index >= 15 is 0 Å². The highest BCUT2D eigenvalue weighted by Gasteiger charge is 2.27. The van der Waals surface area contributed by atoms with E-state index in [2.05, 4.69) is 149 Å². The summed E-state index contributed by atoms with van der Waals surface area (Å²) in [5.41, 5.74) is 15.4. The fourth-order valence-corrected chi connectivity index (χ4v) is 5.28. The maximum absolute atomic E-state index is 2.29. The summed E-state index contributed by atoms with van der Waals surface area (Å²) in [6.45, 7) is 9.12. The Bertz CT molecular complexity index is 1380. The van der Waals surface area contributed by atoms with Crippen LogP contribution in [0.15, 0.2) is 144 Å². The van der Waals surface area contributed by atoms with Gasteiger partial charge in [-0.1, -0.05) is 121 Å². The normalized spacial score (nSPS) is 22.8. The van der Waals surface area contributed by atoms with Crippen molar-refractivity contribution < 1.29 is 0 Å². The van der Waals surface area contributed by atoms with Gasteiger partial charge in [0.2, 0.25) is 0 Å². The molecular weight excluding hydrogens is 432 g/mol. The minimum Gasteiger partial charge on any atom is -0.0622 e. The molecule has 5 rings (SSSR count). The van der Waals surface area contributed by atoms with Gasteiger partial charge in [0.15, 0.2) is 0 Å². The van der Waals surface area contributed by atoms with Gasteiger partial charge in [0.1, 0.15) is 0 Å². The molecule has 1 aliphatic carbocycles. The van der Waals surface area contributed by atoms with Gasteiger partial charge >= 0.3 is 0 Å². The molecule has 0 unspecified atom stereocenters. The maximum Gasteiger partial charge on any atom is -0.00177 e. The summed E-state index contributed by atoms with van der Waals surface area (Å²) in [6.07, 6.45) is 0. The van der Waals surface area contributed by atoms with E-state index in [9.17, 15) is 0 Å². The van der Waals surface area contributed by atoms with Gasteiger partial charge in [0.05, 0.1) is 0 Å². The fourth-order valence-electron chi connectivity index (χ4n) is 5.28. The third-order valence-corrected chi connectivity index (χ3v) is 7.44. The van der Waals surface area contributed by atoms with Crippen LogP contribution in [0.25, 0.3) is 22.3 Å². The zero-order valence-electron chi connectivity index (χ0n) is 21.5. The van der Waals surface area contributed by atoms with Crippen molar-refractivity contribution in [3.05, 3.63) is 166 Å². The maximum atomic E-state index is 2.29. The molecule has 0 heterocycles. The molecule has 1 aliphatic rings. The van der Waals surface area contributed by atoms with Crippen LogP contribution in [0.1, 0.15) is 49.9 Å². The van der Waals surface area contributed by atoms with Crippen LogP contribution in [-0.4, -0.2) is 0 Å². The van der Waals surface area contributed by atoms with Gasteiger partial charge in [0, 0.05) is 0 Å². The van der Waals surface area contributed by atoms with E-state index in [4.69, 9.17) is 0 Å². The third kappa shape index (κ3) is 4.32. The average molecular weight is 465 g/mol. The lowest BCUT2D eigenvalue weighted by Gasteiger charge is -2.29. The van der Waals surface area contributed by atoms with Crippen LogP contribution in [0.3, 0.4) is 0 Å². The first kappa shape index (κ1) is 23.6. The molecule has 0 aromatic heterocycles. The molecule has 0 amide bonds. The topological polar surface area (TPSA) is 0 Å². The minimum atomic E-state index is 1.23. The van der Waals surface area contributed by atoms with Crippen molar-refractivity contribution >= 4 is 22.3 Å². The summed E-state index contributed by atoms with van der Waals surface area (Å²) >= 11 is 0. The Hall–Kier alpha value is -4.16. The van der Waals surface area contributed by atoms with Crippen LogP contribution in [-0.2, 0) is 0 Å². The van der Waals surface area contributed by atoms with Crippen molar-refractivity contribution in [3.8, 4) is 0 Å². The molecule has 0 aliphatic heterocycles. The first-order valence-electron chi connectivity index (χ1n) is 12.6. The van der Waals surface area contributed by atoms with Crippen molar-refractivity contribution in [2.24, 2.45) is 0 Å². The van der Waals surface area contributed by atoms with Crippen LogP contribution >= 0.6 is 0 Å². The highest BCUT2D eigenvalue weighted by Crippen LogP contribution is 2.49. The summed E-state index contributed by atoms with van der Waals surface area (Å²) in [6, 6.07) is 43.5. The molecule has 0 nitrogen and oxygen atoms in total. The van der Waals surface area contributed by atoms with Crippen molar-refractivity contribution in [1.82, 2.24) is 0 Å². The monoisotopic (exact) mass is 464 g/mol. The molecule has 0 heteroatoms. The predicted molar refractivity (Wildman–Crippen MR) is 156 cm³/mol. The van der Waals surface area contributed by atoms with E-state index in [-0.39, 0.29) is 0 Å². The third-order valence-electron chi connectivity index (χ3n) is 7.44. The summed E-state index contributed by atoms with van der Waals surface area (Å²) in [4.78, 5) is 0. The van der Waals surface area contributed by atoms with Gasteiger partial charge in [-0.05, 0) is 94.5 Å². The molecule has 0 saturated carbocycles. The minimum absolute atomic E-state index is 1.23. The summed E-state index contributed by atoms with van der Waals surface area (Å²) in [5.74, 6) is 0. The number of rotatable bonds is 4. The lowest BCUT2D eigenvalue weighted by molar-refractivity contribution is 1.22. The van der Waals surface area contributed by atoms with Crippen molar-refractivity contribution in [1.29, 1.82) is 0 Å². The van der Waals surface area contributed by atoms with Crippen LogP contribution in [0.4, 0.5) is 0 Å². The summed E-state index contributed by atoms with van der Waals surface area (Å²) in [5, 5.41) is 0. The molecular formula is C36H32. The van der Waals surface area contributed by atoms with E-state index in [1.54, 1.807) is 0 Å². The second-order valence-electron chi connectivity index (χ2n) is 9.46. The second kappa shape index (κ2) is 10.2. The summed E-state index contributed by atoms with van der Waals surface area (Å²) < 4.78 is 0. The highest BCUT2D eigenvalue weighted by atomic mass is 14.3. The zero-order chi connectivity index (χ0) is 25.1. The number of hydrogen-bond acceptors (Lipinski definition) is 0. The molecule has 4 aromatic rings. The van der Waals surface area contributed by atoms with Crippen molar-refractivity contribution in [2.75, 3.05) is 0 Å². The Morgan fingerprint density at radius 2 is 0.472 bits per heavy atom. The smallest absolute Gasteiger partial charge is 0.00177 e. The van der Waals surface area contributed by atoms with Gasteiger partial charge in [-0.15, -0.1) is 0 Å². The second-order valence-corrected chi connectivity index (χ2v) is 9.46. The average Bonchev–Trinajstić information content (AvgIpc) is 2.95. The first-order valence-corrected chi connectivity index (χ1v) is 12.6. The van der Waals surface area contributed by atoms with Crippen LogP contribution < -0.4 is 0 Å². The Kier molecular flexibility index (Phi) is 6.69. The van der Waals surface area contributed by atoms with Crippen LogP contribution in [0.5, 0.6) is 0 Å². The molecule has 36 heavy (non-hydrogen) atoms. The van der Waals surface area contributed by atoms with Gasteiger partial charge in [-0.25, -0.2) is 0 Å². The highest BCUT2D eigenvalue weighted by molar-refractivity contribution is 6.27. The lowest BCUT2D eigenvalue weighted by atomic mass is 9.74. The molecule has 0 atom stereocenters. The van der Waals surface area contributed by atoms with Gasteiger partial charge < -0.3 is 0 Å². The molecule has 0 radical (unpaired) electrons. The fraction of sp³-hybridized carbons (Fsp3) is 0.111. The molecule has 176 valence electrons. The van der Waals surface area contributed by atoms with Gasteiger partial charge in [-0.2, -0.15) is 0 Å².